The van der Waals surface area contributed by atoms with Gasteiger partial charge < -0.3 is 15.4 Å². The largest absolute Gasteiger partial charge is 0.479 e. The van der Waals surface area contributed by atoms with E-state index in [1.807, 2.05) is 19.1 Å². The van der Waals surface area contributed by atoms with E-state index < -0.39 is 6.10 Å². The van der Waals surface area contributed by atoms with E-state index in [1.54, 1.807) is 13.1 Å². The summed E-state index contributed by atoms with van der Waals surface area (Å²) in [4.78, 5) is 16.0. The second-order valence-electron chi connectivity index (χ2n) is 5.19. The summed E-state index contributed by atoms with van der Waals surface area (Å²) in [5.74, 6) is 0.533. The van der Waals surface area contributed by atoms with Crippen molar-refractivity contribution in [2.24, 2.45) is 0 Å². The van der Waals surface area contributed by atoms with Crippen molar-refractivity contribution in [1.82, 2.24) is 15.6 Å². The fourth-order valence-electron chi connectivity index (χ4n) is 1.77. The topological polar surface area (TPSA) is 63.2 Å². The van der Waals surface area contributed by atoms with E-state index >= 15 is 0 Å². The van der Waals surface area contributed by atoms with Crippen LogP contribution in [-0.2, 0) is 11.3 Å². The first-order chi connectivity index (χ1) is 9.69. The summed E-state index contributed by atoms with van der Waals surface area (Å²) in [6.45, 7) is 5.23. The zero-order valence-corrected chi connectivity index (χ0v) is 12.2. The van der Waals surface area contributed by atoms with E-state index in [-0.39, 0.29) is 5.91 Å². The van der Waals surface area contributed by atoms with Crippen LogP contribution in [-0.4, -0.2) is 29.6 Å². The van der Waals surface area contributed by atoms with E-state index in [0.29, 0.717) is 18.3 Å². The molecule has 1 amide bonds. The second-order valence-corrected chi connectivity index (χ2v) is 5.19. The number of carbonyl (C=O) groups excluding carboxylic acids is 1. The smallest absolute Gasteiger partial charge is 0.260 e. The summed E-state index contributed by atoms with van der Waals surface area (Å²) in [5.41, 5.74) is 0.993. The number of carbonyl (C=O) groups is 1. The van der Waals surface area contributed by atoms with Crippen molar-refractivity contribution in [2.75, 3.05) is 6.54 Å². The second kappa shape index (κ2) is 7.24. The van der Waals surface area contributed by atoms with Crippen molar-refractivity contribution < 1.29 is 9.53 Å². The van der Waals surface area contributed by atoms with Crippen molar-refractivity contribution >= 4 is 5.91 Å². The summed E-state index contributed by atoms with van der Waals surface area (Å²) in [6.07, 6.45) is 4.63. The number of aromatic nitrogens is 1. The van der Waals surface area contributed by atoms with Gasteiger partial charge in [0.15, 0.2) is 6.10 Å². The molecule has 1 fully saturated rings. The number of pyridine rings is 1. The fourth-order valence-corrected chi connectivity index (χ4v) is 1.77. The maximum absolute atomic E-state index is 11.7. The Morgan fingerprint density at radius 3 is 2.90 bits per heavy atom. The molecule has 2 N–H and O–H groups in total. The molecule has 0 saturated heterocycles. The maximum atomic E-state index is 11.7. The third-order valence-electron chi connectivity index (χ3n) is 3.18. The molecule has 1 heterocycles. The lowest BCUT2D eigenvalue weighted by molar-refractivity contribution is -0.127. The van der Waals surface area contributed by atoms with Gasteiger partial charge in [0.25, 0.3) is 5.91 Å². The molecule has 0 spiro atoms. The van der Waals surface area contributed by atoms with Crippen LogP contribution < -0.4 is 15.4 Å². The van der Waals surface area contributed by atoms with Crippen molar-refractivity contribution in [2.45, 2.75) is 51.8 Å². The highest BCUT2D eigenvalue weighted by atomic mass is 16.5. The Morgan fingerprint density at radius 1 is 1.50 bits per heavy atom. The van der Waals surface area contributed by atoms with Gasteiger partial charge in [0.05, 0.1) is 11.9 Å². The summed E-state index contributed by atoms with van der Waals surface area (Å²) in [7, 11) is 0. The highest BCUT2D eigenvalue weighted by molar-refractivity contribution is 5.80. The van der Waals surface area contributed by atoms with Gasteiger partial charge in [-0.2, -0.15) is 0 Å². The molecule has 1 aromatic heterocycles. The van der Waals surface area contributed by atoms with Crippen molar-refractivity contribution in [3.8, 4) is 5.75 Å². The molecule has 0 bridgehead atoms. The van der Waals surface area contributed by atoms with Crippen molar-refractivity contribution in [3.05, 3.63) is 24.0 Å². The molecule has 1 aliphatic carbocycles. The van der Waals surface area contributed by atoms with Crippen LogP contribution in [0.15, 0.2) is 18.3 Å². The minimum atomic E-state index is -0.501. The molecule has 5 nitrogen and oxygen atoms in total. The Bertz CT molecular complexity index is 429. The summed E-state index contributed by atoms with van der Waals surface area (Å²) >= 11 is 0. The Morgan fingerprint density at radius 2 is 2.30 bits per heavy atom. The standard InChI is InChI=1S/C15H23N3O2/c1-3-8-16-15(19)11(2)20-14-7-6-13(18-10-14)9-17-12-4-5-12/h6-7,10-12,17H,3-5,8-9H2,1-2H3,(H,16,19). The summed E-state index contributed by atoms with van der Waals surface area (Å²) < 4.78 is 5.57. The van der Waals surface area contributed by atoms with Crippen LogP contribution in [0, 0.1) is 0 Å². The van der Waals surface area contributed by atoms with E-state index in [2.05, 4.69) is 15.6 Å². The van der Waals surface area contributed by atoms with E-state index in [9.17, 15) is 4.79 Å². The van der Waals surface area contributed by atoms with Gasteiger partial charge >= 0.3 is 0 Å². The molecular formula is C15H23N3O2. The van der Waals surface area contributed by atoms with Crippen LogP contribution in [0.5, 0.6) is 5.75 Å². The number of hydrogen-bond donors (Lipinski definition) is 2. The molecule has 110 valence electrons. The van der Waals surface area contributed by atoms with Crippen LogP contribution in [0.25, 0.3) is 0 Å². The van der Waals surface area contributed by atoms with Crippen LogP contribution in [0.1, 0.15) is 38.8 Å². The fraction of sp³-hybridized carbons (Fsp3) is 0.600. The van der Waals surface area contributed by atoms with Gasteiger partial charge in [-0.05, 0) is 38.3 Å². The quantitative estimate of drug-likeness (QED) is 0.758. The molecule has 5 heteroatoms. The molecule has 1 saturated carbocycles. The number of amides is 1. The molecule has 1 aromatic rings. The molecule has 0 aromatic carbocycles. The first-order valence-corrected chi connectivity index (χ1v) is 7.31. The van der Waals surface area contributed by atoms with Gasteiger partial charge in [0.1, 0.15) is 5.75 Å². The van der Waals surface area contributed by atoms with Crippen LogP contribution in [0.2, 0.25) is 0 Å². The molecule has 0 aliphatic heterocycles. The molecule has 2 rings (SSSR count). The lowest BCUT2D eigenvalue weighted by Gasteiger charge is -2.14. The molecular weight excluding hydrogens is 254 g/mol. The van der Waals surface area contributed by atoms with Crippen LogP contribution in [0.4, 0.5) is 0 Å². The lowest BCUT2D eigenvalue weighted by atomic mass is 10.3. The van der Waals surface area contributed by atoms with E-state index in [1.165, 1.54) is 12.8 Å². The molecule has 1 unspecified atom stereocenters. The zero-order valence-electron chi connectivity index (χ0n) is 12.2. The number of nitrogens with zero attached hydrogens (tertiary/aromatic N) is 1. The van der Waals surface area contributed by atoms with E-state index in [0.717, 1.165) is 18.7 Å². The maximum Gasteiger partial charge on any atom is 0.260 e. The predicted octanol–water partition coefficient (Wildman–Crippen LogP) is 1.63. The minimum Gasteiger partial charge on any atom is -0.479 e. The highest BCUT2D eigenvalue weighted by Crippen LogP contribution is 2.19. The predicted molar refractivity (Wildman–Crippen MR) is 77.5 cm³/mol. The average Bonchev–Trinajstić information content (AvgIpc) is 3.28. The van der Waals surface area contributed by atoms with Crippen LogP contribution >= 0.6 is 0 Å². The SMILES string of the molecule is CCCNC(=O)C(C)Oc1ccc(CNC2CC2)nc1. The molecule has 1 atom stereocenters. The number of hydrogen-bond acceptors (Lipinski definition) is 4. The Balaban J connectivity index is 1.78. The zero-order chi connectivity index (χ0) is 14.4. The van der Waals surface area contributed by atoms with Gasteiger partial charge in [-0.25, -0.2) is 0 Å². The Kier molecular flexibility index (Phi) is 5.35. The van der Waals surface area contributed by atoms with Gasteiger partial charge in [0, 0.05) is 19.1 Å². The minimum absolute atomic E-state index is 0.0914. The summed E-state index contributed by atoms with van der Waals surface area (Å²) in [6, 6.07) is 4.47. The van der Waals surface area contributed by atoms with Gasteiger partial charge in [-0.1, -0.05) is 6.92 Å². The highest BCUT2D eigenvalue weighted by Gasteiger charge is 2.20. The average molecular weight is 277 g/mol. The monoisotopic (exact) mass is 277 g/mol. The Hall–Kier alpha value is -1.62. The number of ether oxygens (including phenoxy) is 1. The van der Waals surface area contributed by atoms with Crippen molar-refractivity contribution in [3.63, 3.8) is 0 Å². The molecule has 0 radical (unpaired) electrons. The lowest BCUT2D eigenvalue weighted by Crippen LogP contribution is -2.36. The van der Waals surface area contributed by atoms with Crippen LogP contribution in [0.3, 0.4) is 0 Å². The first-order valence-electron chi connectivity index (χ1n) is 7.31. The molecule has 1 aliphatic rings. The van der Waals surface area contributed by atoms with Gasteiger partial charge in [-0.15, -0.1) is 0 Å². The van der Waals surface area contributed by atoms with Crippen molar-refractivity contribution in [1.29, 1.82) is 0 Å². The number of rotatable bonds is 8. The number of nitrogens with one attached hydrogen (secondary N) is 2. The normalized spacial score (nSPS) is 15.7. The summed E-state index contributed by atoms with van der Waals surface area (Å²) in [5, 5.41) is 6.22. The first kappa shape index (κ1) is 14.8. The van der Waals surface area contributed by atoms with Gasteiger partial charge in [0.2, 0.25) is 0 Å². The third-order valence-corrected chi connectivity index (χ3v) is 3.18. The van der Waals surface area contributed by atoms with Gasteiger partial charge in [-0.3, -0.25) is 9.78 Å². The van der Waals surface area contributed by atoms with E-state index in [4.69, 9.17) is 4.74 Å². The molecule has 20 heavy (non-hydrogen) atoms. The Labute approximate surface area is 120 Å². The third kappa shape index (κ3) is 4.81.